The summed E-state index contributed by atoms with van der Waals surface area (Å²) in [6, 6.07) is 6.09. The topological polar surface area (TPSA) is 61.6 Å². The molecule has 5 heteroatoms. The van der Waals surface area contributed by atoms with E-state index < -0.39 is 4.92 Å². The lowest BCUT2D eigenvalue weighted by molar-refractivity contribution is -0.384. The molecular weight excluding hydrogens is 198 g/mol. The quantitative estimate of drug-likeness (QED) is 0.562. The summed E-state index contributed by atoms with van der Waals surface area (Å²) in [6.07, 6.45) is 0.947. The third-order valence-corrected chi connectivity index (χ3v) is 2.24. The number of nitro groups is 1. The molecule has 0 amide bonds. The van der Waals surface area contributed by atoms with E-state index in [1.54, 1.807) is 12.1 Å². The van der Waals surface area contributed by atoms with Gasteiger partial charge in [0.25, 0.3) is 5.69 Å². The average molecular weight is 209 g/mol. The lowest BCUT2D eigenvalue weighted by Crippen LogP contribution is -2.15. The molecule has 0 aromatic heterocycles. The maximum absolute atomic E-state index is 10.4. The second-order valence-corrected chi connectivity index (χ2v) is 3.35. The molecule has 0 radical (unpaired) electrons. The Labute approximate surface area is 86.8 Å². The number of ether oxygens (including phenoxy) is 2. The van der Waals surface area contributed by atoms with Crippen molar-refractivity contribution in [1.29, 1.82) is 0 Å². The molecule has 1 aromatic rings. The van der Waals surface area contributed by atoms with Gasteiger partial charge in [-0.2, -0.15) is 0 Å². The van der Waals surface area contributed by atoms with Crippen molar-refractivity contribution < 1.29 is 14.4 Å². The van der Waals surface area contributed by atoms with Crippen molar-refractivity contribution in [1.82, 2.24) is 0 Å². The van der Waals surface area contributed by atoms with Crippen molar-refractivity contribution in [3.8, 4) is 5.75 Å². The van der Waals surface area contributed by atoms with Crippen LogP contribution in [-0.2, 0) is 4.74 Å². The molecular formula is C10H11NO4. The highest BCUT2D eigenvalue weighted by atomic mass is 16.6. The predicted octanol–water partition coefficient (Wildman–Crippen LogP) is 1.76. The number of rotatable bonds is 3. The van der Waals surface area contributed by atoms with Gasteiger partial charge in [-0.25, -0.2) is 0 Å². The van der Waals surface area contributed by atoms with Crippen LogP contribution in [0.25, 0.3) is 0 Å². The molecule has 0 bridgehead atoms. The Balaban J connectivity index is 2.00. The minimum absolute atomic E-state index is 0.0741. The van der Waals surface area contributed by atoms with Gasteiger partial charge < -0.3 is 9.47 Å². The summed E-state index contributed by atoms with van der Waals surface area (Å²) in [5, 5.41) is 10.4. The number of benzene rings is 1. The summed E-state index contributed by atoms with van der Waals surface area (Å²) in [7, 11) is 0. The molecule has 0 aliphatic carbocycles. The van der Waals surface area contributed by atoms with E-state index in [0.29, 0.717) is 12.4 Å². The van der Waals surface area contributed by atoms with Crippen LogP contribution in [0, 0.1) is 10.1 Å². The monoisotopic (exact) mass is 209 g/mol. The summed E-state index contributed by atoms with van der Waals surface area (Å²) in [6.45, 7) is 1.31. The van der Waals surface area contributed by atoms with Gasteiger partial charge in [0, 0.05) is 18.6 Å². The summed E-state index contributed by atoms with van der Waals surface area (Å²) >= 11 is 0. The molecule has 2 rings (SSSR count). The van der Waals surface area contributed by atoms with Gasteiger partial charge in [-0.3, -0.25) is 10.1 Å². The molecule has 1 heterocycles. The SMILES string of the molecule is O=[N+]([O-])c1ccc(OC2CCOC2)cc1. The van der Waals surface area contributed by atoms with Crippen molar-refractivity contribution in [3.63, 3.8) is 0 Å². The smallest absolute Gasteiger partial charge is 0.269 e. The normalized spacial score (nSPS) is 20.1. The Morgan fingerprint density at radius 3 is 2.67 bits per heavy atom. The van der Waals surface area contributed by atoms with Crippen LogP contribution in [0.3, 0.4) is 0 Å². The number of non-ortho nitro benzene ring substituents is 1. The van der Waals surface area contributed by atoms with Gasteiger partial charge in [0.05, 0.1) is 18.1 Å². The molecule has 0 saturated carbocycles. The van der Waals surface area contributed by atoms with Crippen molar-refractivity contribution in [2.45, 2.75) is 12.5 Å². The maximum Gasteiger partial charge on any atom is 0.269 e. The molecule has 0 spiro atoms. The van der Waals surface area contributed by atoms with Gasteiger partial charge >= 0.3 is 0 Å². The molecule has 5 nitrogen and oxygen atoms in total. The zero-order valence-electron chi connectivity index (χ0n) is 8.09. The molecule has 1 atom stereocenters. The predicted molar refractivity (Wildman–Crippen MR) is 52.9 cm³/mol. The molecule has 15 heavy (non-hydrogen) atoms. The van der Waals surface area contributed by atoms with Crippen LogP contribution in [-0.4, -0.2) is 24.2 Å². The zero-order valence-corrected chi connectivity index (χ0v) is 8.09. The van der Waals surface area contributed by atoms with Gasteiger partial charge in [-0.05, 0) is 12.1 Å². The van der Waals surface area contributed by atoms with Crippen LogP contribution >= 0.6 is 0 Å². The number of nitro benzene ring substituents is 1. The summed E-state index contributed by atoms with van der Waals surface area (Å²) in [5.74, 6) is 0.649. The first-order chi connectivity index (χ1) is 7.25. The first-order valence-electron chi connectivity index (χ1n) is 4.74. The van der Waals surface area contributed by atoms with E-state index >= 15 is 0 Å². The Kier molecular flexibility index (Phi) is 2.82. The Morgan fingerprint density at radius 2 is 2.13 bits per heavy atom. The lowest BCUT2D eigenvalue weighted by atomic mass is 10.3. The molecule has 1 aliphatic rings. The van der Waals surface area contributed by atoms with E-state index in [2.05, 4.69) is 0 Å². The van der Waals surface area contributed by atoms with Crippen molar-refractivity contribution in [2.24, 2.45) is 0 Å². The molecule has 0 N–H and O–H groups in total. The largest absolute Gasteiger partial charge is 0.488 e. The fraction of sp³-hybridized carbons (Fsp3) is 0.400. The van der Waals surface area contributed by atoms with Crippen LogP contribution in [0.4, 0.5) is 5.69 Å². The van der Waals surface area contributed by atoms with Crippen LogP contribution < -0.4 is 4.74 Å². The number of nitrogens with zero attached hydrogens (tertiary/aromatic N) is 1. The van der Waals surface area contributed by atoms with Gasteiger partial charge in [0.1, 0.15) is 11.9 Å². The Hall–Kier alpha value is -1.62. The zero-order chi connectivity index (χ0) is 10.7. The maximum atomic E-state index is 10.4. The summed E-state index contributed by atoms with van der Waals surface area (Å²) in [5.41, 5.74) is 0.0741. The summed E-state index contributed by atoms with van der Waals surface area (Å²) in [4.78, 5) is 9.97. The van der Waals surface area contributed by atoms with Crippen LogP contribution in [0.1, 0.15) is 6.42 Å². The highest BCUT2D eigenvalue weighted by Gasteiger charge is 2.17. The van der Waals surface area contributed by atoms with Crippen LogP contribution in [0.5, 0.6) is 5.75 Å². The standard InChI is InChI=1S/C10H11NO4/c12-11(13)8-1-3-9(4-2-8)15-10-5-6-14-7-10/h1-4,10H,5-7H2. The highest BCUT2D eigenvalue weighted by molar-refractivity contribution is 5.36. The van der Waals surface area contributed by atoms with E-state index in [9.17, 15) is 10.1 Å². The van der Waals surface area contributed by atoms with Gasteiger partial charge in [0.15, 0.2) is 0 Å². The second-order valence-electron chi connectivity index (χ2n) is 3.35. The highest BCUT2D eigenvalue weighted by Crippen LogP contribution is 2.20. The van der Waals surface area contributed by atoms with Gasteiger partial charge in [0.2, 0.25) is 0 Å². The minimum Gasteiger partial charge on any atom is -0.488 e. The summed E-state index contributed by atoms with van der Waals surface area (Å²) < 4.78 is 10.7. The van der Waals surface area contributed by atoms with E-state index in [1.807, 2.05) is 0 Å². The first-order valence-corrected chi connectivity index (χ1v) is 4.74. The average Bonchev–Trinajstić information content (AvgIpc) is 2.71. The minimum atomic E-state index is -0.428. The van der Waals surface area contributed by atoms with E-state index in [4.69, 9.17) is 9.47 Å². The van der Waals surface area contributed by atoms with Crippen molar-refractivity contribution in [3.05, 3.63) is 34.4 Å². The number of hydrogen-bond acceptors (Lipinski definition) is 4. The van der Waals surface area contributed by atoms with E-state index in [0.717, 1.165) is 13.0 Å². The van der Waals surface area contributed by atoms with Crippen molar-refractivity contribution in [2.75, 3.05) is 13.2 Å². The lowest BCUT2D eigenvalue weighted by Gasteiger charge is -2.10. The molecule has 1 saturated heterocycles. The van der Waals surface area contributed by atoms with Gasteiger partial charge in [-0.1, -0.05) is 0 Å². The van der Waals surface area contributed by atoms with Crippen molar-refractivity contribution >= 4 is 5.69 Å². The molecule has 1 aromatic carbocycles. The molecule has 1 aliphatic heterocycles. The van der Waals surface area contributed by atoms with E-state index in [-0.39, 0.29) is 11.8 Å². The van der Waals surface area contributed by atoms with Gasteiger partial charge in [-0.15, -0.1) is 0 Å². The second kappa shape index (κ2) is 4.27. The molecule has 1 fully saturated rings. The fourth-order valence-corrected chi connectivity index (χ4v) is 1.44. The Bertz CT molecular complexity index is 343. The molecule has 1 unspecified atom stereocenters. The first kappa shape index (κ1) is 9.92. The Morgan fingerprint density at radius 1 is 1.40 bits per heavy atom. The third-order valence-electron chi connectivity index (χ3n) is 2.24. The van der Waals surface area contributed by atoms with E-state index in [1.165, 1.54) is 12.1 Å². The van der Waals surface area contributed by atoms with Crippen LogP contribution in [0.15, 0.2) is 24.3 Å². The molecule has 80 valence electrons. The fourth-order valence-electron chi connectivity index (χ4n) is 1.44. The number of hydrogen-bond donors (Lipinski definition) is 0. The van der Waals surface area contributed by atoms with Crippen LogP contribution in [0.2, 0.25) is 0 Å². The third kappa shape index (κ3) is 2.44.